The highest BCUT2D eigenvalue weighted by molar-refractivity contribution is 7.07. The van der Waals surface area contributed by atoms with E-state index < -0.39 is 5.97 Å². The number of carboxylic acids is 1. The van der Waals surface area contributed by atoms with Gasteiger partial charge in [0.1, 0.15) is 0 Å². The first kappa shape index (κ1) is 11.2. The minimum absolute atomic E-state index is 0.220. The summed E-state index contributed by atoms with van der Waals surface area (Å²) in [6.07, 6.45) is 0.220. The Balaban J connectivity index is 2.35. The summed E-state index contributed by atoms with van der Waals surface area (Å²) in [5, 5.41) is 12.7. The quantitative estimate of drug-likeness (QED) is 0.786. The molecule has 0 saturated heterocycles. The molecule has 1 rings (SSSR count). The number of carboxylic acid groups (broad SMARTS) is 1. The third-order valence-electron chi connectivity index (χ3n) is 2.08. The Hall–Kier alpha value is -0.870. The molecule has 1 aromatic heterocycles. The van der Waals surface area contributed by atoms with Gasteiger partial charge in [-0.3, -0.25) is 9.69 Å². The molecular formula is C10H15NO2S. The third-order valence-corrected chi connectivity index (χ3v) is 2.81. The van der Waals surface area contributed by atoms with Gasteiger partial charge in [0.05, 0.1) is 6.42 Å². The molecule has 0 unspecified atom stereocenters. The Kier molecular flexibility index (Phi) is 4.62. The number of aliphatic carboxylic acids is 1. The molecule has 78 valence electrons. The molecule has 0 radical (unpaired) electrons. The largest absolute Gasteiger partial charge is 0.481 e. The van der Waals surface area contributed by atoms with Gasteiger partial charge >= 0.3 is 5.97 Å². The van der Waals surface area contributed by atoms with E-state index >= 15 is 0 Å². The fraction of sp³-hybridized carbons (Fsp3) is 0.500. The van der Waals surface area contributed by atoms with Crippen molar-refractivity contribution in [2.75, 3.05) is 13.1 Å². The summed E-state index contributed by atoms with van der Waals surface area (Å²) in [6, 6.07) is 2.08. The van der Waals surface area contributed by atoms with Gasteiger partial charge in [-0.25, -0.2) is 0 Å². The SMILES string of the molecule is CCN(CCC(=O)O)Cc1ccsc1. The lowest BCUT2D eigenvalue weighted by Gasteiger charge is -2.18. The van der Waals surface area contributed by atoms with Gasteiger partial charge in [-0.05, 0) is 28.9 Å². The zero-order valence-corrected chi connectivity index (χ0v) is 9.09. The van der Waals surface area contributed by atoms with Crippen molar-refractivity contribution in [1.29, 1.82) is 0 Å². The monoisotopic (exact) mass is 213 g/mol. The molecule has 1 N–H and O–H groups in total. The van der Waals surface area contributed by atoms with Crippen LogP contribution in [0.3, 0.4) is 0 Å². The topological polar surface area (TPSA) is 40.5 Å². The average Bonchev–Trinajstić information content (AvgIpc) is 2.64. The first-order valence-electron chi connectivity index (χ1n) is 4.67. The van der Waals surface area contributed by atoms with E-state index in [9.17, 15) is 4.79 Å². The molecule has 0 aliphatic heterocycles. The average molecular weight is 213 g/mol. The number of carbonyl (C=O) groups is 1. The maximum absolute atomic E-state index is 10.4. The van der Waals surface area contributed by atoms with E-state index in [-0.39, 0.29) is 6.42 Å². The number of nitrogens with zero attached hydrogens (tertiary/aromatic N) is 1. The molecule has 0 aromatic carbocycles. The molecule has 0 aliphatic carbocycles. The van der Waals surface area contributed by atoms with Crippen molar-refractivity contribution in [2.24, 2.45) is 0 Å². The number of hydrogen-bond acceptors (Lipinski definition) is 3. The predicted molar refractivity (Wildman–Crippen MR) is 57.5 cm³/mol. The Morgan fingerprint density at radius 3 is 2.93 bits per heavy atom. The molecule has 0 spiro atoms. The van der Waals surface area contributed by atoms with Crippen molar-refractivity contribution in [3.63, 3.8) is 0 Å². The van der Waals surface area contributed by atoms with E-state index in [1.54, 1.807) is 11.3 Å². The number of thiophene rings is 1. The van der Waals surface area contributed by atoms with Crippen LogP contribution in [0.25, 0.3) is 0 Å². The van der Waals surface area contributed by atoms with E-state index in [2.05, 4.69) is 16.3 Å². The van der Waals surface area contributed by atoms with Crippen LogP contribution in [0.5, 0.6) is 0 Å². The van der Waals surface area contributed by atoms with Gasteiger partial charge in [0, 0.05) is 13.1 Å². The Morgan fingerprint density at radius 1 is 1.64 bits per heavy atom. The molecule has 0 atom stereocenters. The van der Waals surface area contributed by atoms with E-state index in [0.29, 0.717) is 6.54 Å². The summed E-state index contributed by atoms with van der Waals surface area (Å²) in [4.78, 5) is 12.5. The summed E-state index contributed by atoms with van der Waals surface area (Å²) >= 11 is 1.67. The smallest absolute Gasteiger partial charge is 0.304 e. The van der Waals surface area contributed by atoms with Gasteiger partial charge in [0.2, 0.25) is 0 Å². The number of rotatable bonds is 6. The molecule has 0 saturated carbocycles. The van der Waals surface area contributed by atoms with Crippen LogP contribution in [-0.2, 0) is 11.3 Å². The molecule has 14 heavy (non-hydrogen) atoms. The van der Waals surface area contributed by atoms with Crippen molar-refractivity contribution < 1.29 is 9.90 Å². The van der Waals surface area contributed by atoms with Crippen LogP contribution in [0.4, 0.5) is 0 Å². The van der Waals surface area contributed by atoms with E-state index in [4.69, 9.17) is 5.11 Å². The standard InChI is InChI=1S/C10H15NO2S/c1-2-11(5-3-10(12)13)7-9-4-6-14-8-9/h4,6,8H,2-3,5,7H2,1H3,(H,12,13). The maximum Gasteiger partial charge on any atom is 0.304 e. The van der Waals surface area contributed by atoms with Crippen LogP contribution in [0.15, 0.2) is 16.8 Å². The lowest BCUT2D eigenvalue weighted by molar-refractivity contribution is -0.137. The van der Waals surface area contributed by atoms with Gasteiger partial charge in [-0.1, -0.05) is 6.92 Å². The predicted octanol–water partition coefficient (Wildman–Crippen LogP) is 2.04. The lowest BCUT2D eigenvalue weighted by atomic mass is 10.3. The second-order valence-corrected chi connectivity index (χ2v) is 3.92. The van der Waals surface area contributed by atoms with Crippen molar-refractivity contribution in [1.82, 2.24) is 4.90 Å². The van der Waals surface area contributed by atoms with Crippen LogP contribution in [0.1, 0.15) is 18.9 Å². The zero-order chi connectivity index (χ0) is 10.4. The van der Waals surface area contributed by atoms with E-state index in [1.807, 2.05) is 12.3 Å². The first-order chi connectivity index (χ1) is 6.72. The van der Waals surface area contributed by atoms with Crippen LogP contribution in [0.2, 0.25) is 0 Å². The highest BCUT2D eigenvalue weighted by atomic mass is 32.1. The molecule has 1 heterocycles. The Morgan fingerprint density at radius 2 is 2.43 bits per heavy atom. The molecular weight excluding hydrogens is 198 g/mol. The summed E-state index contributed by atoms with van der Waals surface area (Å²) in [6.45, 7) is 4.42. The fourth-order valence-corrected chi connectivity index (χ4v) is 1.90. The van der Waals surface area contributed by atoms with Crippen LogP contribution in [0, 0.1) is 0 Å². The molecule has 0 fully saturated rings. The van der Waals surface area contributed by atoms with Gasteiger partial charge in [-0.2, -0.15) is 11.3 Å². The third kappa shape index (κ3) is 3.89. The summed E-state index contributed by atoms with van der Waals surface area (Å²) < 4.78 is 0. The molecule has 0 bridgehead atoms. The minimum atomic E-state index is -0.728. The first-order valence-corrected chi connectivity index (χ1v) is 5.62. The number of hydrogen-bond donors (Lipinski definition) is 1. The molecule has 0 amide bonds. The molecule has 3 nitrogen and oxygen atoms in total. The molecule has 4 heteroatoms. The van der Waals surface area contributed by atoms with Crippen molar-refractivity contribution in [3.05, 3.63) is 22.4 Å². The summed E-state index contributed by atoms with van der Waals surface area (Å²) in [5.74, 6) is -0.728. The van der Waals surface area contributed by atoms with Crippen molar-refractivity contribution >= 4 is 17.3 Å². The van der Waals surface area contributed by atoms with Crippen LogP contribution < -0.4 is 0 Å². The minimum Gasteiger partial charge on any atom is -0.481 e. The second kappa shape index (κ2) is 5.78. The summed E-state index contributed by atoms with van der Waals surface area (Å²) in [5.41, 5.74) is 1.27. The van der Waals surface area contributed by atoms with Crippen LogP contribution in [-0.4, -0.2) is 29.1 Å². The fourth-order valence-electron chi connectivity index (χ4n) is 1.24. The van der Waals surface area contributed by atoms with Crippen LogP contribution >= 0.6 is 11.3 Å². The second-order valence-electron chi connectivity index (χ2n) is 3.14. The maximum atomic E-state index is 10.4. The normalized spacial score (nSPS) is 10.7. The molecule has 1 aromatic rings. The van der Waals surface area contributed by atoms with Crippen molar-refractivity contribution in [3.8, 4) is 0 Å². The van der Waals surface area contributed by atoms with Gasteiger partial charge in [0.15, 0.2) is 0 Å². The van der Waals surface area contributed by atoms with Gasteiger partial charge in [-0.15, -0.1) is 0 Å². The summed E-state index contributed by atoms with van der Waals surface area (Å²) in [7, 11) is 0. The van der Waals surface area contributed by atoms with E-state index in [1.165, 1.54) is 5.56 Å². The lowest BCUT2D eigenvalue weighted by Crippen LogP contribution is -2.25. The molecule has 0 aliphatic rings. The highest BCUT2D eigenvalue weighted by Gasteiger charge is 2.06. The van der Waals surface area contributed by atoms with Gasteiger partial charge in [0.25, 0.3) is 0 Å². The zero-order valence-electron chi connectivity index (χ0n) is 8.27. The Labute approximate surface area is 88.0 Å². The van der Waals surface area contributed by atoms with E-state index in [0.717, 1.165) is 13.1 Å². The Bertz CT molecular complexity index is 272. The highest BCUT2D eigenvalue weighted by Crippen LogP contribution is 2.09. The van der Waals surface area contributed by atoms with Gasteiger partial charge < -0.3 is 5.11 Å². The van der Waals surface area contributed by atoms with Crippen molar-refractivity contribution in [2.45, 2.75) is 19.9 Å².